The molecule has 0 saturated carbocycles. The second kappa shape index (κ2) is 9.00. The molecule has 4 rings (SSSR count). The number of nitriles is 1. The highest BCUT2D eigenvalue weighted by atomic mass is 32.1. The highest BCUT2D eigenvalue weighted by molar-refractivity contribution is 7.21. The van der Waals surface area contributed by atoms with E-state index in [1.165, 1.54) is 0 Å². The molecule has 1 amide bonds. The van der Waals surface area contributed by atoms with Crippen LogP contribution < -0.4 is 15.8 Å². The van der Waals surface area contributed by atoms with Gasteiger partial charge in [-0.25, -0.2) is 18.7 Å². The number of aromatic nitrogens is 3. The lowest BCUT2D eigenvalue weighted by atomic mass is 10.1. The number of benzene rings is 1. The van der Waals surface area contributed by atoms with Crippen LogP contribution in [0.3, 0.4) is 0 Å². The summed E-state index contributed by atoms with van der Waals surface area (Å²) in [6.07, 6.45) is -1.49. The van der Waals surface area contributed by atoms with Crippen LogP contribution in [-0.2, 0) is 17.9 Å². The van der Waals surface area contributed by atoms with E-state index < -0.39 is 23.9 Å². The molecule has 1 atom stereocenters. The summed E-state index contributed by atoms with van der Waals surface area (Å²) < 4.78 is 27.6. The number of hydrogen-bond donors (Lipinski definition) is 1. The fourth-order valence-corrected chi connectivity index (χ4v) is 4.79. The molecule has 3 heterocycles. The Morgan fingerprint density at radius 2 is 2.09 bits per heavy atom. The van der Waals surface area contributed by atoms with Crippen molar-refractivity contribution in [3.8, 4) is 6.07 Å². The summed E-state index contributed by atoms with van der Waals surface area (Å²) in [4.78, 5) is 35.8. The van der Waals surface area contributed by atoms with E-state index in [1.54, 1.807) is 36.1 Å². The molecule has 0 aliphatic carbocycles. The number of nitrogens with zero attached hydrogens (tertiary/aromatic N) is 5. The van der Waals surface area contributed by atoms with Gasteiger partial charge in [0, 0.05) is 19.6 Å². The fraction of sp³-hybridized carbons (Fsp3) is 0.381. The first-order valence-corrected chi connectivity index (χ1v) is 11.0. The van der Waals surface area contributed by atoms with Crippen molar-refractivity contribution in [1.29, 1.82) is 5.26 Å². The number of amides is 1. The van der Waals surface area contributed by atoms with Crippen molar-refractivity contribution in [3.05, 3.63) is 51.6 Å². The maximum Gasteiger partial charge on any atom is 0.295 e. The Morgan fingerprint density at radius 3 is 2.75 bits per heavy atom. The van der Waals surface area contributed by atoms with Crippen molar-refractivity contribution in [2.24, 2.45) is 0 Å². The Balaban J connectivity index is 1.56. The summed E-state index contributed by atoms with van der Waals surface area (Å²) in [6.45, 7) is 2.55. The second-order valence-corrected chi connectivity index (χ2v) is 8.30. The number of hydrogen-bond acceptors (Lipinski definition) is 7. The molecule has 0 bridgehead atoms. The zero-order chi connectivity index (χ0) is 22.8. The van der Waals surface area contributed by atoms with Gasteiger partial charge in [-0.15, -0.1) is 0 Å². The number of alkyl halides is 2. The van der Waals surface area contributed by atoms with E-state index in [0.717, 1.165) is 27.9 Å². The van der Waals surface area contributed by atoms with E-state index in [1.807, 2.05) is 6.07 Å². The molecule has 3 aromatic rings. The molecule has 32 heavy (non-hydrogen) atoms. The Bertz CT molecular complexity index is 1250. The van der Waals surface area contributed by atoms with Gasteiger partial charge in [0.1, 0.15) is 6.04 Å². The summed E-state index contributed by atoms with van der Waals surface area (Å²) >= 11 is 1.05. The van der Waals surface area contributed by atoms with Gasteiger partial charge in [-0.2, -0.15) is 5.26 Å². The van der Waals surface area contributed by atoms with Crippen molar-refractivity contribution < 1.29 is 13.6 Å². The number of thiazole rings is 1. The molecule has 1 saturated heterocycles. The standard InChI is InChI=1S/C21H20F2N6O2S/c1-2-28-17(16(22)23)27-19-15(20(28)31)26-21(32-19)29-9-3-4-14(29)18(30)25-11-13-7-5-12(10-24)6-8-13/h5-8,14,16H,2-4,9,11H2,1H3,(H,25,30). The first-order valence-electron chi connectivity index (χ1n) is 10.2. The minimum Gasteiger partial charge on any atom is -0.350 e. The summed E-state index contributed by atoms with van der Waals surface area (Å²) in [5.41, 5.74) is 0.852. The second-order valence-electron chi connectivity index (χ2n) is 7.35. The molecule has 11 heteroatoms. The van der Waals surface area contributed by atoms with Crippen LogP contribution in [0.5, 0.6) is 0 Å². The maximum absolute atomic E-state index is 13.3. The first-order chi connectivity index (χ1) is 15.4. The van der Waals surface area contributed by atoms with E-state index in [2.05, 4.69) is 15.3 Å². The molecule has 1 unspecified atom stereocenters. The predicted octanol–water partition coefficient (Wildman–Crippen LogP) is 2.97. The molecule has 8 nitrogen and oxygen atoms in total. The van der Waals surface area contributed by atoms with Gasteiger partial charge in [0.15, 0.2) is 21.3 Å². The van der Waals surface area contributed by atoms with Crippen LogP contribution in [0.25, 0.3) is 10.3 Å². The molecule has 2 aromatic heterocycles. The largest absolute Gasteiger partial charge is 0.350 e. The van der Waals surface area contributed by atoms with Crippen molar-refractivity contribution in [2.75, 3.05) is 11.4 Å². The number of rotatable bonds is 6. The molecular formula is C21H20F2N6O2S. The van der Waals surface area contributed by atoms with E-state index in [9.17, 15) is 18.4 Å². The predicted molar refractivity (Wildman–Crippen MR) is 116 cm³/mol. The lowest BCUT2D eigenvalue weighted by Crippen LogP contribution is -2.43. The lowest BCUT2D eigenvalue weighted by Gasteiger charge is -2.23. The SMILES string of the molecule is CCn1c(C(F)F)nc2sc(N3CCCC3C(=O)NCc3ccc(C#N)cc3)nc2c1=O. The highest BCUT2D eigenvalue weighted by Crippen LogP contribution is 2.32. The zero-order valence-electron chi connectivity index (χ0n) is 17.2. The molecular weight excluding hydrogens is 438 g/mol. The zero-order valence-corrected chi connectivity index (χ0v) is 18.0. The number of nitrogens with one attached hydrogen (secondary N) is 1. The minimum atomic E-state index is -2.87. The van der Waals surface area contributed by atoms with Gasteiger partial charge in [-0.1, -0.05) is 23.5 Å². The molecule has 1 aliphatic rings. The number of halogens is 2. The lowest BCUT2D eigenvalue weighted by molar-refractivity contribution is -0.122. The van der Waals surface area contributed by atoms with Crippen LogP contribution in [0, 0.1) is 11.3 Å². The van der Waals surface area contributed by atoms with Gasteiger partial charge in [0.2, 0.25) is 5.91 Å². The van der Waals surface area contributed by atoms with E-state index in [4.69, 9.17) is 5.26 Å². The summed E-state index contributed by atoms with van der Waals surface area (Å²) in [5, 5.41) is 12.2. The summed E-state index contributed by atoms with van der Waals surface area (Å²) in [6, 6.07) is 8.51. The van der Waals surface area contributed by atoms with E-state index in [-0.39, 0.29) is 22.8 Å². The smallest absolute Gasteiger partial charge is 0.295 e. The van der Waals surface area contributed by atoms with Gasteiger partial charge < -0.3 is 10.2 Å². The van der Waals surface area contributed by atoms with Gasteiger partial charge in [-0.05, 0) is 37.5 Å². The number of anilines is 1. The van der Waals surface area contributed by atoms with Crippen LogP contribution in [0.1, 0.15) is 43.1 Å². The van der Waals surface area contributed by atoms with Crippen LogP contribution in [-0.4, -0.2) is 33.0 Å². The molecule has 166 valence electrons. The topological polar surface area (TPSA) is 104 Å². The average Bonchev–Trinajstić information content (AvgIpc) is 3.45. The highest BCUT2D eigenvalue weighted by Gasteiger charge is 2.33. The van der Waals surface area contributed by atoms with Gasteiger partial charge in [0.25, 0.3) is 12.0 Å². The van der Waals surface area contributed by atoms with Crippen molar-refractivity contribution >= 4 is 32.7 Å². The van der Waals surface area contributed by atoms with Crippen LogP contribution in [0.4, 0.5) is 13.9 Å². The third-order valence-electron chi connectivity index (χ3n) is 5.40. The third-order valence-corrected chi connectivity index (χ3v) is 6.39. The number of carbonyl (C=O) groups excluding carboxylic acids is 1. The Hall–Kier alpha value is -3.39. The molecule has 0 spiro atoms. The van der Waals surface area contributed by atoms with Gasteiger partial charge >= 0.3 is 0 Å². The molecule has 1 fully saturated rings. The summed E-state index contributed by atoms with van der Waals surface area (Å²) in [5.74, 6) is -0.753. The van der Waals surface area contributed by atoms with Crippen LogP contribution >= 0.6 is 11.3 Å². The Kier molecular flexibility index (Phi) is 6.14. The molecule has 1 aromatic carbocycles. The van der Waals surface area contributed by atoms with Gasteiger partial charge in [0.05, 0.1) is 11.6 Å². The monoisotopic (exact) mass is 458 g/mol. The van der Waals surface area contributed by atoms with Crippen molar-refractivity contribution in [1.82, 2.24) is 19.9 Å². The number of carbonyl (C=O) groups is 1. The average molecular weight is 458 g/mol. The van der Waals surface area contributed by atoms with E-state index >= 15 is 0 Å². The van der Waals surface area contributed by atoms with Crippen molar-refractivity contribution in [3.63, 3.8) is 0 Å². The normalized spacial score (nSPS) is 16.0. The van der Waals surface area contributed by atoms with Gasteiger partial charge in [-0.3, -0.25) is 14.2 Å². The minimum absolute atomic E-state index is 0.0416. The fourth-order valence-electron chi connectivity index (χ4n) is 3.78. The number of fused-ring (bicyclic) bond motifs is 1. The maximum atomic E-state index is 13.3. The molecule has 0 radical (unpaired) electrons. The van der Waals surface area contributed by atoms with Crippen LogP contribution in [0.2, 0.25) is 0 Å². The Morgan fingerprint density at radius 1 is 1.34 bits per heavy atom. The quantitative estimate of drug-likeness (QED) is 0.609. The molecule has 1 N–H and O–H groups in total. The van der Waals surface area contributed by atoms with Crippen molar-refractivity contribution in [2.45, 2.75) is 45.3 Å². The van der Waals surface area contributed by atoms with E-state index in [0.29, 0.717) is 30.2 Å². The summed E-state index contributed by atoms with van der Waals surface area (Å²) in [7, 11) is 0. The van der Waals surface area contributed by atoms with Crippen LogP contribution in [0.15, 0.2) is 29.1 Å². The molecule has 1 aliphatic heterocycles. The third kappa shape index (κ3) is 4.05. The Labute approximate surface area is 186 Å². The first kappa shape index (κ1) is 21.8.